The number of nitrogens with zero attached hydrogens (tertiary/aromatic N) is 1. The van der Waals surface area contributed by atoms with Crippen LogP contribution in [0, 0.1) is 24.7 Å². The molecule has 0 amide bonds. The van der Waals surface area contributed by atoms with Crippen molar-refractivity contribution in [2.45, 2.75) is 39.5 Å². The van der Waals surface area contributed by atoms with E-state index >= 15 is 0 Å². The number of esters is 2. The number of hydrogen-bond donors (Lipinski definition) is 2. The third-order valence-electron chi connectivity index (χ3n) is 5.83. The second-order valence-electron chi connectivity index (χ2n) is 8.59. The van der Waals surface area contributed by atoms with Crippen molar-refractivity contribution in [3.8, 4) is 5.88 Å². The molecule has 0 radical (unpaired) electrons. The van der Waals surface area contributed by atoms with Gasteiger partial charge in [-0.3, -0.25) is 14.4 Å². The number of hydrogen-bond acceptors (Lipinski definition) is 8. The average Bonchev–Trinajstić information content (AvgIpc) is 3.78. The summed E-state index contributed by atoms with van der Waals surface area (Å²) in [6, 6.07) is 3.39. The molecule has 4 rings (SSSR count). The number of aryl methyl sites for hydroxylation is 2. The molecule has 11 heteroatoms. The first-order chi connectivity index (χ1) is 16.5. The Balaban J connectivity index is 0.000000203. The van der Waals surface area contributed by atoms with Gasteiger partial charge in [-0.25, -0.2) is 4.98 Å². The topological polar surface area (TPSA) is 128 Å². The third kappa shape index (κ3) is 8.15. The van der Waals surface area contributed by atoms with E-state index in [9.17, 15) is 14.4 Å². The number of nitrogens with one attached hydrogen (secondary N) is 1. The van der Waals surface area contributed by atoms with Crippen LogP contribution in [0.15, 0.2) is 38.3 Å². The Kier molecular flexibility index (Phi) is 10.5. The lowest BCUT2D eigenvalue weighted by molar-refractivity contribution is -0.149. The van der Waals surface area contributed by atoms with Gasteiger partial charge in [0, 0.05) is 33.5 Å². The van der Waals surface area contributed by atoms with E-state index in [0.29, 0.717) is 12.5 Å². The molecular weight excluding hydrogens is 588 g/mol. The summed E-state index contributed by atoms with van der Waals surface area (Å²) in [5, 5.41) is 8.66. The summed E-state index contributed by atoms with van der Waals surface area (Å²) in [6.07, 6.45) is 6.54. The molecule has 9 nitrogen and oxygen atoms in total. The number of aliphatic hydroxyl groups excluding tert-OH is 1. The zero-order valence-corrected chi connectivity index (χ0v) is 23.3. The molecule has 2 heterocycles. The molecule has 2 aliphatic carbocycles. The molecule has 0 aliphatic heterocycles. The number of aromatic amines is 1. The number of carbonyl (C=O) groups is 2. The minimum Gasteiger partial charge on any atom is -0.476 e. The van der Waals surface area contributed by atoms with Crippen molar-refractivity contribution in [2.75, 3.05) is 27.4 Å². The standard InChI is InChI=1S/C12H14BrNO3.C6H6BrNO.C6H10O3/c1-8-5-10(14-6-9(8)13)17-7-12(3-4-12)11(15)16-2;1-4-2-6(9)8-3-5(4)7;1-9-5(8)6(4-7)2-3-6/h5-6H,3-4,7H2,1-2H3;2-3H,1H3,(H,8,9);7H,2-4H2,1H3. The van der Waals surface area contributed by atoms with Gasteiger partial charge in [-0.1, -0.05) is 0 Å². The van der Waals surface area contributed by atoms with Crippen molar-refractivity contribution in [3.63, 3.8) is 0 Å². The van der Waals surface area contributed by atoms with Crippen molar-refractivity contribution in [2.24, 2.45) is 10.8 Å². The number of H-pyrrole nitrogens is 1. The summed E-state index contributed by atoms with van der Waals surface area (Å²) in [6.45, 7) is 4.11. The zero-order chi connectivity index (χ0) is 26.2. The number of methoxy groups -OCH3 is 2. The van der Waals surface area contributed by atoms with Crippen LogP contribution in [0.4, 0.5) is 0 Å². The highest BCUT2D eigenvalue weighted by molar-refractivity contribution is 9.10. The number of rotatable bonds is 6. The normalized spacial score (nSPS) is 15.9. The Morgan fingerprint density at radius 2 is 1.54 bits per heavy atom. The maximum absolute atomic E-state index is 11.5. The number of carbonyl (C=O) groups excluding carboxylic acids is 2. The molecule has 2 N–H and O–H groups in total. The fourth-order valence-electron chi connectivity index (χ4n) is 2.93. The second kappa shape index (κ2) is 12.6. The Morgan fingerprint density at radius 3 is 1.94 bits per heavy atom. The van der Waals surface area contributed by atoms with Gasteiger partial charge in [-0.2, -0.15) is 0 Å². The Labute approximate surface area is 220 Å². The van der Waals surface area contributed by atoms with Crippen LogP contribution in [0.2, 0.25) is 0 Å². The molecule has 0 bridgehead atoms. The third-order valence-corrected chi connectivity index (χ3v) is 7.51. The van der Waals surface area contributed by atoms with Crippen LogP contribution in [-0.2, 0) is 19.1 Å². The van der Waals surface area contributed by atoms with E-state index in [1.54, 1.807) is 18.5 Å². The van der Waals surface area contributed by atoms with E-state index in [4.69, 9.17) is 14.6 Å². The molecule has 2 fully saturated rings. The summed E-state index contributed by atoms with van der Waals surface area (Å²) in [5.41, 5.74) is 1.01. The van der Waals surface area contributed by atoms with Gasteiger partial charge in [0.15, 0.2) is 0 Å². The lowest BCUT2D eigenvalue weighted by atomic mass is 10.1. The fraction of sp³-hybridized carbons (Fsp3) is 0.500. The molecule has 2 aromatic heterocycles. The van der Waals surface area contributed by atoms with Crippen LogP contribution in [-0.4, -0.2) is 54.4 Å². The molecule has 192 valence electrons. The van der Waals surface area contributed by atoms with Gasteiger partial charge in [0.25, 0.3) is 0 Å². The maximum atomic E-state index is 11.5. The molecule has 2 saturated carbocycles. The predicted octanol–water partition coefficient (Wildman–Crippen LogP) is 3.86. The van der Waals surface area contributed by atoms with Crippen LogP contribution >= 0.6 is 31.9 Å². The molecule has 0 spiro atoms. The first-order valence-electron chi connectivity index (χ1n) is 10.9. The minimum atomic E-state index is -0.505. The van der Waals surface area contributed by atoms with Gasteiger partial charge >= 0.3 is 11.9 Å². The SMILES string of the molecule is COC(=O)C1(CO)CC1.COC(=O)C1(COc2cc(C)c(Br)cn2)CC1.Cc1cc(=O)[nH]cc1Br. The monoisotopic (exact) mass is 616 g/mol. The Bertz CT molecular complexity index is 1100. The van der Waals surface area contributed by atoms with Crippen molar-refractivity contribution < 1.29 is 28.9 Å². The first-order valence-corrected chi connectivity index (χ1v) is 12.5. The van der Waals surface area contributed by atoms with Gasteiger partial charge < -0.3 is 24.3 Å². The van der Waals surface area contributed by atoms with E-state index in [0.717, 1.165) is 45.8 Å². The summed E-state index contributed by atoms with van der Waals surface area (Å²) in [7, 11) is 2.75. The second-order valence-corrected chi connectivity index (χ2v) is 10.3. The van der Waals surface area contributed by atoms with E-state index in [2.05, 4.69) is 46.6 Å². The maximum Gasteiger partial charge on any atom is 0.315 e. The molecule has 0 aromatic carbocycles. The van der Waals surface area contributed by atoms with Gasteiger partial charge in [-0.05, 0) is 82.5 Å². The van der Waals surface area contributed by atoms with Crippen molar-refractivity contribution >= 4 is 43.8 Å². The lowest BCUT2D eigenvalue weighted by Crippen LogP contribution is -2.24. The van der Waals surface area contributed by atoms with E-state index < -0.39 is 10.8 Å². The number of aromatic nitrogens is 2. The zero-order valence-electron chi connectivity index (χ0n) is 20.2. The van der Waals surface area contributed by atoms with Crippen LogP contribution < -0.4 is 10.3 Å². The lowest BCUT2D eigenvalue weighted by Gasteiger charge is -2.13. The van der Waals surface area contributed by atoms with Gasteiger partial charge in [0.1, 0.15) is 12.0 Å². The number of halogens is 2. The van der Waals surface area contributed by atoms with E-state index in [-0.39, 0.29) is 24.1 Å². The van der Waals surface area contributed by atoms with Gasteiger partial charge in [0.05, 0.1) is 26.2 Å². The van der Waals surface area contributed by atoms with Crippen LogP contribution in [0.25, 0.3) is 0 Å². The van der Waals surface area contributed by atoms with Crippen molar-refractivity contribution in [3.05, 3.63) is 55.0 Å². The smallest absolute Gasteiger partial charge is 0.315 e. The summed E-state index contributed by atoms with van der Waals surface area (Å²) in [5.74, 6) is 0.0808. The average molecular weight is 618 g/mol. The van der Waals surface area contributed by atoms with Crippen LogP contribution in [0.1, 0.15) is 36.8 Å². The molecule has 2 aliphatic rings. The largest absolute Gasteiger partial charge is 0.476 e. The number of aliphatic hydroxyl groups is 1. The Hall–Kier alpha value is -2.24. The van der Waals surface area contributed by atoms with Gasteiger partial charge in [-0.15, -0.1) is 0 Å². The Morgan fingerprint density at radius 1 is 1.00 bits per heavy atom. The summed E-state index contributed by atoms with van der Waals surface area (Å²) < 4.78 is 16.7. The highest BCUT2D eigenvalue weighted by Crippen LogP contribution is 2.47. The molecule has 0 unspecified atom stereocenters. The van der Waals surface area contributed by atoms with E-state index in [1.165, 1.54) is 14.2 Å². The fourth-order valence-corrected chi connectivity index (χ4v) is 3.37. The molecular formula is C24H30Br2N2O7. The van der Waals surface area contributed by atoms with Gasteiger partial charge in [0.2, 0.25) is 11.4 Å². The minimum absolute atomic E-state index is 0.0595. The highest BCUT2D eigenvalue weighted by Gasteiger charge is 2.52. The summed E-state index contributed by atoms with van der Waals surface area (Å²) in [4.78, 5) is 39.5. The molecule has 0 atom stereocenters. The van der Waals surface area contributed by atoms with E-state index in [1.807, 2.05) is 19.9 Å². The van der Waals surface area contributed by atoms with Crippen LogP contribution in [0.5, 0.6) is 5.88 Å². The number of ether oxygens (including phenoxy) is 3. The first kappa shape index (κ1) is 29.0. The number of pyridine rings is 2. The molecule has 35 heavy (non-hydrogen) atoms. The predicted molar refractivity (Wildman–Crippen MR) is 136 cm³/mol. The quantitative estimate of drug-likeness (QED) is 0.468. The highest BCUT2D eigenvalue weighted by atomic mass is 79.9. The summed E-state index contributed by atoms with van der Waals surface area (Å²) >= 11 is 6.63. The molecule has 0 saturated heterocycles. The van der Waals surface area contributed by atoms with Crippen molar-refractivity contribution in [1.82, 2.24) is 9.97 Å². The molecule has 2 aromatic rings. The van der Waals surface area contributed by atoms with Crippen molar-refractivity contribution in [1.29, 1.82) is 0 Å². The van der Waals surface area contributed by atoms with Crippen LogP contribution in [0.3, 0.4) is 0 Å².